The van der Waals surface area contributed by atoms with Gasteiger partial charge in [0.1, 0.15) is 5.69 Å². The molecule has 1 amide bonds. The van der Waals surface area contributed by atoms with Gasteiger partial charge in [0.15, 0.2) is 0 Å². The highest BCUT2D eigenvalue weighted by molar-refractivity contribution is 5.91. The fraction of sp³-hybridized carbons (Fsp3) is 0.0667. The molecule has 2 aromatic heterocycles. The maximum atomic E-state index is 11.9. The zero-order valence-corrected chi connectivity index (χ0v) is 11.6. The van der Waals surface area contributed by atoms with E-state index in [1.165, 1.54) is 12.1 Å². The van der Waals surface area contributed by atoms with Crippen molar-refractivity contribution in [3.63, 3.8) is 0 Å². The van der Waals surface area contributed by atoms with Crippen LogP contribution >= 0.6 is 0 Å². The number of aromatic amines is 1. The first-order valence-corrected chi connectivity index (χ1v) is 6.65. The number of benzene rings is 1. The Balaban J connectivity index is 1.63. The predicted molar refractivity (Wildman–Crippen MR) is 79.6 cm³/mol. The lowest BCUT2D eigenvalue weighted by Gasteiger charge is -2.06. The molecule has 1 aromatic carbocycles. The van der Waals surface area contributed by atoms with Gasteiger partial charge in [-0.05, 0) is 29.8 Å². The second-order valence-corrected chi connectivity index (χ2v) is 4.61. The van der Waals surface area contributed by atoms with Gasteiger partial charge in [-0.3, -0.25) is 9.59 Å². The number of nitrogens with one attached hydrogen (secondary N) is 2. The SMILES string of the molecule is O=C(NCc1ccc(-n2cccn2)cc1)c1ccc(=O)[nH]n1. The summed E-state index contributed by atoms with van der Waals surface area (Å²) < 4.78 is 1.76. The van der Waals surface area contributed by atoms with Crippen molar-refractivity contribution in [3.8, 4) is 5.69 Å². The van der Waals surface area contributed by atoms with E-state index in [0.29, 0.717) is 6.54 Å². The van der Waals surface area contributed by atoms with Crippen molar-refractivity contribution in [1.82, 2.24) is 25.3 Å². The largest absolute Gasteiger partial charge is 0.347 e. The Morgan fingerprint density at radius 1 is 1.18 bits per heavy atom. The third-order valence-electron chi connectivity index (χ3n) is 3.07. The maximum Gasteiger partial charge on any atom is 0.271 e. The van der Waals surface area contributed by atoms with Crippen molar-refractivity contribution in [3.05, 3.63) is 76.5 Å². The molecule has 2 N–H and O–H groups in total. The van der Waals surface area contributed by atoms with Crippen LogP contribution in [0.1, 0.15) is 16.1 Å². The standard InChI is InChI=1S/C15H13N5O2/c21-14-7-6-13(18-19-14)15(22)16-10-11-2-4-12(5-3-11)20-9-1-8-17-20/h1-9H,10H2,(H,16,22)(H,19,21). The molecule has 3 rings (SSSR count). The van der Waals surface area contributed by atoms with Gasteiger partial charge in [-0.25, -0.2) is 9.78 Å². The van der Waals surface area contributed by atoms with E-state index in [4.69, 9.17) is 0 Å². The van der Waals surface area contributed by atoms with Gasteiger partial charge in [-0.15, -0.1) is 0 Å². The number of carbonyl (C=O) groups excluding carboxylic acids is 1. The highest BCUT2D eigenvalue weighted by Crippen LogP contribution is 2.08. The van der Waals surface area contributed by atoms with E-state index in [1.807, 2.05) is 36.5 Å². The van der Waals surface area contributed by atoms with Gasteiger partial charge in [0.25, 0.3) is 11.5 Å². The Kier molecular flexibility index (Phi) is 3.78. The summed E-state index contributed by atoms with van der Waals surface area (Å²) >= 11 is 0. The molecule has 0 aliphatic rings. The summed E-state index contributed by atoms with van der Waals surface area (Å²) in [5, 5.41) is 12.8. The van der Waals surface area contributed by atoms with Crippen LogP contribution in [0.15, 0.2) is 59.7 Å². The minimum atomic E-state index is -0.342. The van der Waals surface area contributed by atoms with Gasteiger partial charge in [-0.2, -0.15) is 10.2 Å². The monoisotopic (exact) mass is 295 g/mol. The average molecular weight is 295 g/mol. The Labute approximate surface area is 125 Å². The molecule has 2 heterocycles. The highest BCUT2D eigenvalue weighted by Gasteiger charge is 2.06. The maximum absolute atomic E-state index is 11.9. The number of H-pyrrole nitrogens is 1. The quantitative estimate of drug-likeness (QED) is 0.747. The van der Waals surface area contributed by atoms with Crippen LogP contribution in [-0.2, 0) is 6.54 Å². The zero-order valence-electron chi connectivity index (χ0n) is 11.6. The third kappa shape index (κ3) is 3.09. The summed E-state index contributed by atoms with van der Waals surface area (Å²) in [6, 6.07) is 12.2. The first kappa shape index (κ1) is 13.7. The number of carbonyl (C=O) groups is 1. The second kappa shape index (κ2) is 6.04. The summed E-state index contributed by atoms with van der Waals surface area (Å²) in [6.07, 6.45) is 3.57. The normalized spacial score (nSPS) is 10.4. The Morgan fingerprint density at radius 3 is 2.64 bits per heavy atom. The zero-order chi connectivity index (χ0) is 15.4. The average Bonchev–Trinajstić information content (AvgIpc) is 3.08. The van der Waals surface area contributed by atoms with Crippen LogP contribution in [0.3, 0.4) is 0 Å². The second-order valence-electron chi connectivity index (χ2n) is 4.61. The van der Waals surface area contributed by atoms with E-state index < -0.39 is 0 Å². The van der Waals surface area contributed by atoms with Crippen molar-refractivity contribution < 1.29 is 4.79 Å². The molecular formula is C15H13N5O2. The van der Waals surface area contributed by atoms with Crippen molar-refractivity contribution in [2.75, 3.05) is 0 Å². The van der Waals surface area contributed by atoms with Crippen molar-refractivity contribution in [2.45, 2.75) is 6.54 Å². The molecule has 0 aliphatic heterocycles. The van der Waals surface area contributed by atoms with Crippen LogP contribution in [0.2, 0.25) is 0 Å². The summed E-state index contributed by atoms with van der Waals surface area (Å²) in [5.41, 5.74) is 1.73. The van der Waals surface area contributed by atoms with E-state index in [2.05, 4.69) is 20.6 Å². The van der Waals surface area contributed by atoms with E-state index in [-0.39, 0.29) is 17.2 Å². The number of hydrogen-bond acceptors (Lipinski definition) is 4. The molecule has 22 heavy (non-hydrogen) atoms. The van der Waals surface area contributed by atoms with Gasteiger partial charge in [0, 0.05) is 25.0 Å². The van der Waals surface area contributed by atoms with Crippen LogP contribution in [-0.4, -0.2) is 25.9 Å². The smallest absolute Gasteiger partial charge is 0.271 e. The highest BCUT2D eigenvalue weighted by atomic mass is 16.2. The Morgan fingerprint density at radius 2 is 2.00 bits per heavy atom. The molecule has 0 aliphatic carbocycles. The molecule has 0 fully saturated rings. The molecule has 0 saturated heterocycles. The minimum Gasteiger partial charge on any atom is -0.347 e. The van der Waals surface area contributed by atoms with Crippen molar-refractivity contribution in [2.24, 2.45) is 0 Å². The Hall–Kier alpha value is -3.22. The number of rotatable bonds is 4. The van der Waals surface area contributed by atoms with Crippen LogP contribution in [0.5, 0.6) is 0 Å². The minimum absolute atomic E-state index is 0.174. The fourth-order valence-corrected chi connectivity index (χ4v) is 1.93. The van der Waals surface area contributed by atoms with Gasteiger partial charge in [0.2, 0.25) is 0 Å². The molecule has 7 nitrogen and oxygen atoms in total. The summed E-state index contributed by atoms with van der Waals surface area (Å²) in [6.45, 7) is 0.374. The van der Waals surface area contributed by atoms with E-state index in [0.717, 1.165) is 11.3 Å². The van der Waals surface area contributed by atoms with E-state index in [9.17, 15) is 9.59 Å². The molecule has 0 radical (unpaired) electrons. The molecule has 0 unspecified atom stereocenters. The van der Waals surface area contributed by atoms with Crippen molar-refractivity contribution in [1.29, 1.82) is 0 Å². The molecule has 7 heteroatoms. The van der Waals surface area contributed by atoms with Crippen LogP contribution in [0, 0.1) is 0 Å². The molecule has 3 aromatic rings. The number of aromatic nitrogens is 4. The van der Waals surface area contributed by atoms with Crippen LogP contribution in [0.25, 0.3) is 5.69 Å². The first-order chi connectivity index (χ1) is 10.7. The van der Waals surface area contributed by atoms with Crippen LogP contribution in [0.4, 0.5) is 0 Å². The van der Waals surface area contributed by atoms with E-state index >= 15 is 0 Å². The molecule has 110 valence electrons. The summed E-state index contributed by atoms with van der Waals surface area (Å²) in [7, 11) is 0. The first-order valence-electron chi connectivity index (χ1n) is 6.65. The van der Waals surface area contributed by atoms with Gasteiger partial charge in [0.05, 0.1) is 5.69 Å². The summed E-state index contributed by atoms with van der Waals surface area (Å²) in [4.78, 5) is 22.8. The lowest BCUT2D eigenvalue weighted by atomic mass is 10.2. The van der Waals surface area contributed by atoms with Crippen molar-refractivity contribution >= 4 is 5.91 Å². The lowest BCUT2D eigenvalue weighted by molar-refractivity contribution is 0.0945. The topological polar surface area (TPSA) is 92.7 Å². The van der Waals surface area contributed by atoms with Gasteiger partial charge >= 0.3 is 0 Å². The fourth-order valence-electron chi connectivity index (χ4n) is 1.93. The lowest BCUT2D eigenvalue weighted by Crippen LogP contribution is -2.25. The molecule has 0 bridgehead atoms. The van der Waals surface area contributed by atoms with Gasteiger partial charge in [-0.1, -0.05) is 12.1 Å². The number of amides is 1. The predicted octanol–water partition coefficient (Wildman–Crippen LogP) is 0.886. The third-order valence-corrected chi connectivity index (χ3v) is 3.07. The summed E-state index contributed by atoms with van der Waals surface area (Å²) in [5.74, 6) is -0.340. The Bertz CT molecular complexity index is 801. The molecular weight excluding hydrogens is 282 g/mol. The number of nitrogens with zero attached hydrogens (tertiary/aromatic N) is 3. The van der Waals surface area contributed by atoms with E-state index in [1.54, 1.807) is 10.9 Å². The number of hydrogen-bond donors (Lipinski definition) is 2. The molecule has 0 atom stereocenters. The van der Waals surface area contributed by atoms with Crippen LogP contribution < -0.4 is 10.9 Å². The molecule has 0 spiro atoms. The van der Waals surface area contributed by atoms with Gasteiger partial charge < -0.3 is 5.32 Å². The molecule has 0 saturated carbocycles.